The summed E-state index contributed by atoms with van der Waals surface area (Å²) in [5, 5.41) is 4.78. The van der Waals surface area contributed by atoms with E-state index in [1.54, 1.807) is 0 Å². The first-order valence-corrected chi connectivity index (χ1v) is 25.0. The molecule has 13 rings (SSSR count). The van der Waals surface area contributed by atoms with E-state index in [0.717, 1.165) is 45.4 Å². The van der Waals surface area contributed by atoms with Gasteiger partial charge in [-0.3, -0.25) is 0 Å². The lowest BCUT2D eigenvalue weighted by Crippen LogP contribution is -2.11. The molecule has 0 aliphatic rings. The van der Waals surface area contributed by atoms with E-state index in [0.29, 0.717) is 0 Å². The van der Waals surface area contributed by atoms with E-state index >= 15 is 0 Å². The number of hydrogen-bond donors (Lipinski definition) is 0. The number of nitrogens with zero attached hydrogens (tertiary/aromatic N) is 3. The van der Waals surface area contributed by atoms with E-state index in [-0.39, 0.29) is 0 Å². The zero-order chi connectivity index (χ0) is 48.5. The van der Waals surface area contributed by atoms with E-state index in [1.807, 2.05) is 0 Å². The highest BCUT2D eigenvalue weighted by atomic mass is 15.1. The Morgan fingerprint density at radius 2 is 0.589 bits per heavy atom. The summed E-state index contributed by atoms with van der Waals surface area (Å²) in [5.74, 6) is 0. The van der Waals surface area contributed by atoms with Gasteiger partial charge < -0.3 is 14.4 Å². The average molecular weight is 932 g/mol. The summed E-state index contributed by atoms with van der Waals surface area (Å²) in [5.41, 5.74) is 19.5. The molecule has 0 radical (unpaired) electrons. The van der Waals surface area contributed by atoms with Gasteiger partial charge in [0.1, 0.15) is 0 Å². The van der Waals surface area contributed by atoms with Crippen LogP contribution in [0.15, 0.2) is 297 Å². The molecule has 1 aromatic heterocycles. The normalized spacial score (nSPS) is 11.3. The van der Waals surface area contributed by atoms with Crippen LogP contribution in [-0.2, 0) is 0 Å². The van der Waals surface area contributed by atoms with E-state index in [4.69, 9.17) is 0 Å². The fraction of sp³-hybridized carbons (Fsp3) is 0. The molecule has 0 fully saturated rings. The highest BCUT2D eigenvalue weighted by Gasteiger charge is 2.21. The van der Waals surface area contributed by atoms with Gasteiger partial charge in [-0.2, -0.15) is 0 Å². The molecule has 0 saturated heterocycles. The van der Waals surface area contributed by atoms with Gasteiger partial charge in [0, 0.05) is 50.3 Å². The Morgan fingerprint density at radius 1 is 0.219 bits per heavy atom. The molecular formula is C70H49N3. The van der Waals surface area contributed by atoms with Crippen LogP contribution >= 0.6 is 0 Å². The number of hydrogen-bond acceptors (Lipinski definition) is 2. The highest BCUT2D eigenvalue weighted by molar-refractivity contribution is 6.12. The number of benzene rings is 12. The SMILES string of the molecule is c1ccc(-c2ccc(N(c3ccc(-c4ccccc4)cc3)c3ccc(-c4ccc(N(c5ccc(-c6ccccc6)cc5)c5ccc6c(c5)c5ccccc5n6-c5ccccc5)c5ccccc45)cc3)cc2)cc1. The first-order valence-electron chi connectivity index (χ1n) is 25.0. The number of rotatable bonds is 11. The molecule has 73 heavy (non-hydrogen) atoms. The predicted molar refractivity (Wildman–Crippen MR) is 309 cm³/mol. The van der Waals surface area contributed by atoms with E-state index in [1.165, 1.54) is 71.5 Å². The van der Waals surface area contributed by atoms with Crippen LogP contribution < -0.4 is 9.80 Å². The van der Waals surface area contributed by atoms with Gasteiger partial charge in [-0.05, 0) is 141 Å². The van der Waals surface area contributed by atoms with Crippen molar-refractivity contribution in [1.82, 2.24) is 4.57 Å². The third kappa shape index (κ3) is 8.19. The molecule has 13 aromatic rings. The molecule has 0 bridgehead atoms. The summed E-state index contributed by atoms with van der Waals surface area (Å²) in [7, 11) is 0. The highest BCUT2D eigenvalue weighted by Crippen LogP contribution is 2.45. The summed E-state index contributed by atoms with van der Waals surface area (Å²) in [4.78, 5) is 4.78. The number of aromatic nitrogens is 1. The average Bonchev–Trinajstić information content (AvgIpc) is 3.81. The fourth-order valence-electron chi connectivity index (χ4n) is 10.7. The van der Waals surface area contributed by atoms with Crippen LogP contribution in [0.1, 0.15) is 0 Å². The van der Waals surface area contributed by atoms with Crippen LogP contribution in [0.25, 0.3) is 82.8 Å². The van der Waals surface area contributed by atoms with Crippen molar-refractivity contribution in [3.05, 3.63) is 297 Å². The van der Waals surface area contributed by atoms with Crippen LogP contribution in [-0.4, -0.2) is 4.57 Å². The second-order valence-electron chi connectivity index (χ2n) is 18.5. The first kappa shape index (κ1) is 43.3. The Balaban J connectivity index is 0.914. The molecule has 3 nitrogen and oxygen atoms in total. The number of fused-ring (bicyclic) bond motifs is 4. The van der Waals surface area contributed by atoms with Crippen molar-refractivity contribution in [3.63, 3.8) is 0 Å². The van der Waals surface area contributed by atoms with Crippen LogP contribution in [0.4, 0.5) is 34.1 Å². The van der Waals surface area contributed by atoms with Crippen LogP contribution in [0, 0.1) is 0 Å². The van der Waals surface area contributed by atoms with Gasteiger partial charge in [0.2, 0.25) is 0 Å². The molecule has 0 spiro atoms. The van der Waals surface area contributed by atoms with Crippen molar-refractivity contribution in [2.75, 3.05) is 9.80 Å². The second kappa shape index (κ2) is 18.9. The molecule has 0 saturated carbocycles. The topological polar surface area (TPSA) is 11.4 Å². The smallest absolute Gasteiger partial charge is 0.0542 e. The Morgan fingerprint density at radius 3 is 1.10 bits per heavy atom. The van der Waals surface area contributed by atoms with Gasteiger partial charge in [0.25, 0.3) is 0 Å². The zero-order valence-electron chi connectivity index (χ0n) is 40.1. The Bertz CT molecular complexity index is 3930. The minimum Gasteiger partial charge on any atom is -0.311 e. The Labute approximate surface area is 426 Å². The third-order valence-electron chi connectivity index (χ3n) is 14.2. The minimum absolute atomic E-state index is 1.08. The molecule has 0 atom stereocenters. The maximum atomic E-state index is 2.43. The molecular weight excluding hydrogens is 883 g/mol. The minimum atomic E-state index is 1.08. The zero-order valence-corrected chi connectivity index (χ0v) is 40.1. The molecule has 1 heterocycles. The summed E-state index contributed by atoms with van der Waals surface area (Å²) < 4.78 is 2.38. The first-order chi connectivity index (χ1) is 36.2. The molecule has 3 heteroatoms. The predicted octanol–water partition coefficient (Wildman–Crippen LogP) is 19.5. The van der Waals surface area contributed by atoms with E-state index in [9.17, 15) is 0 Å². The van der Waals surface area contributed by atoms with Crippen molar-refractivity contribution >= 4 is 66.7 Å². The summed E-state index contributed by atoms with van der Waals surface area (Å²) >= 11 is 0. The van der Waals surface area contributed by atoms with Gasteiger partial charge in [-0.25, -0.2) is 0 Å². The molecule has 0 aliphatic carbocycles. The van der Waals surface area contributed by atoms with Crippen molar-refractivity contribution < 1.29 is 0 Å². The molecule has 0 amide bonds. The largest absolute Gasteiger partial charge is 0.311 e. The Hall–Kier alpha value is -9.70. The van der Waals surface area contributed by atoms with E-state index < -0.39 is 0 Å². The molecule has 0 unspecified atom stereocenters. The fourth-order valence-corrected chi connectivity index (χ4v) is 10.7. The van der Waals surface area contributed by atoms with Crippen LogP contribution in [0.5, 0.6) is 0 Å². The van der Waals surface area contributed by atoms with Gasteiger partial charge >= 0.3 is 0 Å². The summed E-state index contributed by atoms with van der Waals surface area (Å²) in [6.07, 6.45) is 0. The lowest BCUT2D eigenvalue weighted by Gasteiger charge is -2.28. The lowest BCUT2D eigenvalue weighted by molar-refractivity contribution is 1.18. The van der Waals surface area contributed by atoms with Crippen LogP contribution in [0.3, 0.4) is 0 Å². The maximum Gasteiger partial charge on any atom is 0.0542 e. The lowest BCUT2D eigenvalue weighted by atomic mass is 9.95. The molecule has 12 aromatic carbocycles. The van der Waals surface area contributed by atoms with Gasteiger partial charge in [-0.15, -0.1) is 0 Å². The van der Waals surface area contributed by atoms with Gasteiger partial charge in [0.15, 0.2) is 0 Å². The number of anilines is 6. The van der Waals surface area contributed by atoms with Crippen molar-refractivity contribution in [3.8, 4) is 50.2 Å². The molecule has 344 valence electrons. The quantitative estimate of drug-likeness (QED) is 0.128. The summed E-state index contributed by atoms with van der Waals surface area (Å²) in [6, 6.07) is 108. The van der Waals surface area contributed by atoms with Crippen LogP contribution in [0.2, 0.25) is 0 Å². The summed E-state index contributed by atoms with van der Waals surface area (Å²) in [6.45, 7) is 0. The van der Waals surface area contributed by atoms with Crippen molar-refractivity contribution in [2.45, 2.75) is 0 Å². The monoisotopic (exact) mass is 931 g/mol. The van der Waals surface area contributed by atoms with Gasteiger partial charge in [0.05, 0.1) is 16.7 Å². The van der Waals surface area contributed by atoms with Crippen molar-refractivity contribution in [2.24, 2.45) is 0 Å². The second-order valence-corrected chi connectivity index (χ2v) is 18.5. The molecule has 0 aliphatic heterocycles. The maximum absolute atomic E-state index is 2.43. The third-order valence-corrected chi connectivity index (χ3v) is 14.2. The number of para-hydroxylation sites is 2. The molecule has 0 N–H and O–H groups in total. The van der Waals surface area contributed by atoms with E-state index in [2.05, 4.69) is 312 Å². The van der Waals surface area contributed by atoms with Gasteiger partial charge in [-0.1, -0.05) is 206 Å². The standard InChI is InChI=1S/C70H49N3/c1-5-17-50(18-6-1)53-29-37-58(38-30-53)71(59-39-31-54(32-40-59)51-19-7-2-8-20-51)60-43-35-56(36-44-60)63-46-48-69(65-26-14-13-25-64(63)65)72(61-41-33-55(34-42-61)52-21-9-3-10-22-52)62-45-47-70-67(49-62)66-27-15-16-28-68(66)73(70)57-23-11-4-12-24-57/h1-49H. The Kier molecular flexibility index (Phi) is 11.2. The van der Waals surface area contributed by atoms with Crippen molar-refractivity contribution in [1.29, 1.82) is 0 Å².